The van der Waals surface area contributed by atoms with Crippen LogP contribution in [-0.2, 0) is 10.0 Å². The fraction of sp³-hybridized carbons (Fsp3) is 0.200. The van der Waals surface area contributed by atoms with Crippen LogP contribution >= 0.6 is 38.6 Å². The Morgan fingerprint density at radius 2 is 2.25 bits per heavy atom. The Bertz CT molecular complexity index is 724. The van der Waals surface area contributed by atoms with E-state index in [4.69, 9.17) is 5.11 Å². The lowest BCUT2D eigenvalue weighted by atomic mass is 10.4. The molecule has 0 amide bonds. The molecule has 2 rings (SSSR count). The van der Waals surface area contributed by atoms with Gasteiger partial charge in [0.05, 0.1) is 9.83 Å². The van der Waals surface area contributed by atoms with E-state index >= 15 is 0 Å². The molecular formula is C10H9BrN2O4S3. The highest BCUT2D eigenvalue weighted by atomic mass is 79.9. The van der Waals surface area contributed by atoms with Gasteiger partial charge in [0.25, 0.3) is 0 Å². The van der Waals surface area contributed by atoms with Crippen LogP contribution in [0.25, 0.3) is 0 Å². The smallest absolute Gasteiger partial charge is 0.345 e. The van der Waals surface area contributed by atoms with Crippen molar-refractivity contribution in [2.75, 3.05) is 0 Å². The largest absolute Gasteiger partial charge is 0.477 e. The van der Waals surface area contributed by atoms with E-state index in [-0.39, 0.29) is 13.6 Å². The molecule has 0 aliphatic heterocycles. The van der Waals surface area contributed by atoms with Gasteiger partial charge in [0.1, 0.15) is 14.8 Å². The molecular weight excluding hydrogens is 388 g/mol. The standard InChI is InChI=1S/C10H9BrN2O4S3/c1-5(9-12-2-3-18-9)13-20(16,17)7-4-6(10(14)15)19-8(7)11/h2-5,13H,1H3,(H,14,15). The van der Waals surface area contributed by atoms with Crippen molar-refractivity contribution >= 4 is 54.6 Å². The van der Waals surface area contributed by atoms with Crippen molar-refractivity contribution in [3.63, 3.8) is 0 Å². The van der Waals surface area contributed by atoms with E-state index in [0.717, 1.165) is 17.4 Å². The summed E-state index contributed by atoms with van der Waals surface area (Å²) >= 11 is 5.28. The monoisotopic (exact) mass is 396 g/mol. The van der Waals surface area contributed by atoms with Gasteiger partial charge in [0, 0.05) is 11.6 Å². The average Bonchev–Trinajstić information content (AvgIpc) is 2.96. The number of nitrogens with zero attached hydrogens (tertiary/aromatic N) is 1. The van der Waals surface area contributed by atoms with Gasteiger partial charge in [-0.25, -0.2) is 22.9 Å². The molecule has 0 saturated heterocycles. The Morgan fingerprint density at radius 3 is 2.75 bits per heavy atom. The van der Waals surface area contributed by atoms with Gasteiger partial charge in [-0.3, -0.25) is 0 Å². The van der Waals surface area contributed by atoms with Gasteiger partial charge in [0.2, 0.25) is 10.0 Å². The number of carbonyl (C=O) groups is 1. The molecule has 0 fully saturated rings. The summed E-state index contributed by atoms with van der Waals surface area (Å²) in [5.74, 6) is -1.16. The molecule has 10 heteroatoms. The second-order valence-electron chi connectivity index (χ2n) is 3.77. The Balaban J connectivity index is 2.29. The molecule has 0 aliphatic carbocycles. The van der Waals surface area contributed by atoms with Crippen LogP contribution in [0.4, 0.5) is 0 Å². The summed E-state index contributed by atoms with van der Waals surface area (Å²) in [5.41, 5.74) is 0. The van der Waals surface area contributed by atoms with Crippen LogP contribution in [0.2, 0.25) is 0 Å². The summed E-state index contributed by atoms with van der Waals surface area (Å²) in [6, 6.07) is 0.647. The molecule has 2 N–H and O–H groups in total. The maximum absolute atomic E-state index is 12.2. The number of sulfonamides is 1. The summed E-state index contributed by atoms with van der Waals surface area (Å²) in [4.78, 5) is 14.8. The Kier molecular flexibility index (Phi) is 4.59. The quantitative estimate of drug-likeness (QED) is 0.809. The molecule has 20 heavy (non-hydrogen) atoms. The van der Waals surface area contributed by atoms with Gasteiger partial charge in [0.15, 0.2) is 0 Å². The van der Waals surface area contributed by atoms with E-state index in [2.05, 4.69) is 25.6 Å². The van der Waals surface area contributed by atoms with Crippen molar-refractivity contribution in [1.82, 2.24) is 9.71 Å². The second kappa shape index (κ2) is 5.90. The number of hydrogen-bond acceptors (Lipinski definition) is 6. The third-order valence-electron chi connectivity index (χ3n) is 2.31. The highest BCUT2D eigenvalue weighted by Gasteiger charge is 2.25. The summed E-state index contributed by atoms with van der Waals surface area (Å²) in [7, 11) is -3.81. The van der Waals surface area contributed by atoms with Crippen molar-refractivity contribution in [1.29, 1.82) is 0 Å². The average molecular weight is 397 g/mol. The number of nitrogens with one attached hydrogen (secondary N) is 1. The van der Waals surface area contributed by atoms with Crippen LogP contribution < -0.4 is 4.72 Å². The number of hydrogen-bond donors (Lipinski definition) is 2. The zero-order valence-electron chi connectivity index (χ0n) is 10.0. The first-order chi connectivity index (χ1) is 9.31. The van der Waals surface area contributed by atoms with Crippen molar-refractivity contribution in [3.8, 4) is 0 Å². The molecule has 0 saturated carbocycles. The van der Waals surface area contributed by atoms with Crippen LogP contribution in [0, 0.1) is 0 Å². The Hall–Kier alpha value is -0.810. The van der Waals surface area contributed by atoms with Crippen LogP contribution in [0.3, 0.4) is 0 Å². The second-order valence-corrected chi connectivity index (χ2v) is 8.75. The zero-order chi connectivity index (χ0) is 14.9. The molecule has 108 valence electrons. The molecule has 2 heterocycles. The first-order valence-corrected chi connectivity index (χ1v) is 9.23. The van der Waals surface area contributed by atoms with E-state index in [1.807, 2.05) is 0 Å². The Morgan fingerprint density at radius 1 is 1.55 bits per heavy atom. The van der Waals surface area contributed by atoms with E-state index < -0.39 is 22.0 Å². The van der Waals surface area contributed by atoms with Crippen molar-refractivity contribution in [2.45, 2.75) is 17.9 Å². The lowest BCUT2D eigenvalue weighted by Gasteiger charge is -2.11. The molecule has 2 aromatic rings. The SMILES string of the molecule is CC(NS(=O)(=O)c1cc(C(=O)O)sc1Br)c1nccs1. The van der Waals surface area contributed by atoms with Crippen LogP contribution in [0.5, 0.6) is 0 Å². The first kappa shape index (κ1) is 15.6. The van der Waals surface area contributed by atoms with Crippen LogP contribution in [0.1, 0.15) is 27.6 Å². The number of aromatic carboxylic acids is 1. The number of thiophene rings is 1. The van der Waals surface area contributed by atoms with Gasteiger partial charge in [-0.05, 0) is 28.9 Å². The highest BCUT2D eigenvalue weighted by molar-refractivity contribution is 9.11. The van der Waals surface area contributed by atoms with E-state index in [1.54, 1.807) is 18.5 Å². The highest BCUT2D eigenvalue weighted by Crippen LogP contribution is 2.32. The topological polar surface area (TPSA) is 96.4 Å². The Labute approximate surface area is 131 Å². The maximum Gasteiger partial charge on any atom is 0.345 e. The number of rotatable bonds is 5. The summed E-state index contributed by atoms with van der Waals surface area (Å²) in [5, 5.41) is 11.3. The maximum atomic E-state index is 12.2. The minimum absolute atomic E-state index is 0.0425. The third-order valence-corrected chi connectivity index (χ3v) is 7.05. The zero-order valence-corrected chi connectivity index (χ0v) is 14.1. The fourth-order valence-electron chi connectivity index (χ4n) is 1.44. The molecule has 1 atom stereocenters. The first-order valence-electron chi connectivity index (χ1n) is 5.25. The predicted octanol–water partition coefficient (Wildman–Crippen LogP) is 2.70. The van der Waals surface area contributed by atoms with Gasteiger partial charge in [-0.1, -0.05) is 0 Å². The van der Waals surface area contributed by atoms with Crippen LogP contribution in [-0.4, -0.2) is 24.5 Å². The number of halogens is 1. The molecule has 0 radical (unpaired) electrons. The molecule has 0 spiro atoms. The van der Waals surface area contributed by atoms with Gasteiger partial charge < -0.3 is 5.11 Å². The summed E-state index contributed by atoms with van der Waals surface area (Å²) < 4.78 is 27.2. The third kappa shape index (κ3) is 3.26. The molecule has 0 aromatic carbocycles. The predicted molar refractivity (Wildman–Crippen MR) is 79.8 cm³/mol. The molecule has 1 unspecified atom stereocenters. The number of carboxylic acid groups (broad SMARTS) is 1. The molecule has 0 aliphatic rings. The lowest BCUT2D eigenvalue weighted by molar-refractivity contribution is 0.0702. The summed E-state index contributed by atoms with van der Waals surface area (Å²) in [6.45, 7) is 1.68. The van der Waals surface area contributed by atoms with Gasteiger partial charge in [-0.15, -0.1) is 22.7 Å². The van der Waals surface area contributed by atoms with E-state index in [9.17, 15) is 13.2 Å². The van der Waals surface area contributed by atoms with Crippen molar-refractivity contribution in [3.05, 3.63) is 31.3 Å². The van der Waals surface area contributed by atoms with Gasteiger partial charge in [-0.2, -0.15) is 0 Å². The number of carboxylic acids is 1. The van der Waals surface area contributed by atoms with E-state index in [0.29, 0.717) is 5.01 Å². The number of thiazole rings is 1. The minimum atomic E-state index is -3.81. The molecule has 0 bridgehead atoms. The normalized spacial score (nSPS) is 13.3. The van der Waals surface area contributed by atoms with E-state index in [1.165, 1.54) is 11.3 Å². The van der Waals surface area contributed by atoms with Gasteiger partial charge >= 0.3 is 5.97 Å². The van der Waals surface area contributed by atoms with Crippen molar-refractivity contribution < 1.29 is 18.3 Å². The molecule has 2 aromatic heterocycles. The summed E-state index contributed by atoms with van der Waals surface area (Å²) in [6.07, 6.45) is 1.59. The fourth-order valence-corrected chi connectivity index (χ4v) is 5.77. The molecule has 6 nitrogen and oxygen atoms in total. The lowest BCUT2D eigenvalue weighted by Crippen LogP contribution is -2.26. The minimum Gasteiger partial charge on any atom is -0.477 e. The van der Waals surface area contributed by atoms with Crippen LogP contribution in [0.15, 0.2) is 26.3 Å². The van der Waals surface area contributed by atoms with Crippen molar-refractivity contribution in [2.24, 2.45) is 0 Å². The number of aromatic nitrogens is 1.